The molecule has 82 valence electrons. The third-order valence-corrected chi connectivity index (χ3v) is 3.35. The molecule has 1 fully saturated rings. The van der Waals surface area contributed by atoms with Crippen LogP contribution in [0.3, 0.4) is 0 Å². The van der Waals surface area contributed by atoms with Crippen LogP contribution in [-0.2, 0) is 9.59 Å². The number of amides is 2. The van der Waals surface area contributed by atoms with E-state index in [4.69, 9.17) is 11.7 Å². The van der Waals surface area contributed by atoms with Crippen molar-refractivity contribution in [3.63, 3.8) is 0 Å². The minimum atomic E-state index is -0.381. The molecule has 2 bridgehead atoms. The van der Waals surface area contributed by atoms with Gasteiger partial charge in [-0.15, -0.1) is 0 Å². The summed E-state index contributed by atoms with van der Waals surface area (Å²) in [4.78, 5) is 23.1. The summed E-state index contributed by atoms with van der Waals surface area (Å²) in [5.74, 6) is 9.08. The Morgan fingerprint density at radius 2 is 1.40 bits per heavy atom. The summed E-state index contributed by atoms with van der Waals surface area (Å²) in [6, 6.07) is 0. The van der Waals surface area contributed by atoms with Gasteiger partial charge < -0.3 is 0 Å². The number of rotatable bonds is 2. The fourth-order valence-electron chi connectivity index (χ4n) is 2.73. The van der Waals surface area contributed by atoms with E-state index in [-0.39, 0.29) is 35.5 Å². The Kier molecular flexibility index (Phi) is 2.45. The van der Waals surface area contributed by atoms with Gasteiger partial charge >= 0.3 is 0 Å². The SMILES string of the molecule is NNC(=O)C1C2C=CC(C2)C1C(=O)NN. The van der Waals surface area contributed by atoms with Crippen LogP contribution in [0.15, 0.2) is 12.2 Å². The molecule has 6 heteroatoms. The van der Waals surface area contributed by atoms with Gasteiger partial charge in [0, 0.05) is 0 Å². The molecule has 0 saturated heterocycles. The lowest BCUT2D eigenvalue weighted by molar-refractivity contribution is -0.135. The molecular weight excluding hydrogens is 196 g/mol. The lowest BCUT2D eigenvalue weighted by Crippen LogP contribution is -2.47. The molecule has 1 saturated carbocycles. The highest BCUT2D eigenvalue weighted by Crippen LogP contribution is 2.47. The van der Waals surface area contributed by atoms with Gasteiger partial charge in [-0.3, -0.25) is 20.4 Å². The molecule has 4 unspecified atom stereocenters. The Morgan fingerprint density at radius 3 is 1.73 bits per heavy atom. The van der Waals surface area contributed by atoms with Crippen LogP contribution < -0.4 is 22.5 Å². The van der Waals surface area contributed by atoms with Crippen molar-refractivity contribution in [1.29, 1.82) is 0 Å². The smallest absolute Gasteiger partial charge is 0.238 e. The monoisotopic (exact) mass is 210 g/mol. The van der Waals surface area contributed by atoms with E-state index in [2.05, 4.69) is 10.9 Å². The van der Waals surface area contributed by atoms with Gasteiger partial charge in [-0.05, 0) is 18.3 Å². The molecule has 0 aromatic rings. The summed E-state index contributed by atoms with van der Waals surface area (Å²) >= 11 is 0. The molecule has 15 heavy (non-hydrogen) atoms. The summed E-state index contributed by atoms with van der Waals surface area (Å²) in [7, 11) is 0. The minimum Gasteiger partial charge on any atom is -0.294 e. The van der Waals surface area contributed by atoms with E-state index in [0.717, 1.165) is 6.42 Å². The van der Waals surface area contributed by atoms with Crippen molar-refractivity contribution >= 4 is 11.8 Å². The third kappa shape index (κ3) is 1.42. The Labute approximate surface area is 87.0 Å². The Morgan fingerprint density at radius 1 is 1.00 bits per heavy atom. The molecule has 6 nitrogen and oxygen atoms in total. The summed E-state index contributed by atoms with van der Waals surface area (Å²) in [6.07, 6.45) is 4.78. The largest absolute Gasteiger partial charge is 0.294 e. The summed E-state index contributed by atoms with van der Waals surface area (Å²) in [5, 5.41) is 0. The fraction of sp³-hybridized carbons (Fsp3) is 0.556. The molecule has 0 heterocycles. The van der Waals surface area contributed by atoms with Crippen LogP contribution in [0.2, 0.25) is 0 Å². The fourth-order valence-corrected chi connectivity index (χ4v) is 2.73. The highest BCUT2D eigenvalue weighted by molar-refractivity contribution is 5.89. The second-order valence-corrected chi connectivity index (χ2v) is 4.02. The van der Waals surface area contributed by atoms with Crippen LogP contribution in [0.5, 0.6) is 0 Å². The molecule has 0 aliphatic heterocycles. The quantitative estimate of drug-likeness (QED) is 0.190. The lowest BCUT2D eigenvalue weighted by atomic mass is 9.82. The molecule has 0 radical (unpaired) electrons. The maximum atomic E-state index is 11.5. The normalized spacial score (nSPS) is 36.7. The molecule has 4 atom stereocenters. The van der Waals surface area contributed by atoms with Gasteiger partial charge in [0.2, 0.25) is 11.8 Å². The highest BCUT2D eigenvalue weighted by Gasteiger charge is 2.51. The van der Waals surface area contributed by atoms with E-state index < -0.39 is 0 Å². The second kappa shape index (κ2) is 3.63. The predicted octanol–water partition coefficient (Wildman–Crippen LogP) is -1.60. The predicted molar refractivity (Wildman–Crippen MR) is 52.4 cm³/mol. The van der Waals surface area contributed by atoms with Crippen molar-refractivity contribution in [2.45, 2.75) is 6.42 Å². The molecule has 2 rings (SSSR count). The van der Waals surface area contributed by atoms with Crippen molar-refractivity contribution < 1.29 is 9.59 Å². The number of nitrogens with one attached hydrogen (secondary N) is 2. The summed E-state index contributed by atoms with van der Waals surface area (Å²) in [6.45, 7) is 0. The van der Waals surface area contributed by atoms with Crippen molar-refractivity contribution in [1.82, 2.24) is 10.9 Å². The van der Waals surface area contributed by atoms with Gasteiger partial charge in [-0.25, -0.2) is 11.7 Å². The molecule has 0 aromatic carbocycles. The zero-order chi connectivity index (χ0) is 11.0. The third-order valence-electron chi connectivity index (χ3n) is 3.35. The van der Waals surface area contributed by atoms with E-state index in [9.17, 15) is 9.59 Å². The number of fused-ring (bicyclic) bond motifs is 2. The molecule has 2 aliphatic rings. The van der Waals surface area contributed by atoms with Gasteiger partial charge in [0.15, 0.2) is 0 Å². The topological polar surface area (TPSA) is 110 Å². The number of allylic oxidation sites excluding steroid dienone is 2. The maximum Gasteiger partial charge on any atom is 0.238 e. The van der Waals surface area contributed by atoms with Crippen LogP contribution >= 0.6 is 0 Å². The van der Waals surface area contributed by atoms with Crippen LogP contribution in [0, 0.1) is 23.7 Å². The standard InChI is InChI=1S/C9H14N4O2/c10-12-8(14)6-4-1-2-5(3-4)7(6)9(15)13-11/h1-2,4-7H,3,10-11H2,(H,12,14)(H,13,15). The summed E-state index contributed by atoms with van der Waals surface area (Å²) in [5.41, 5.74) is 4.21. The van der Waals surface area contributed by atoms with Gasteiger partial charge in [0.25, 0.3) is 0 Å². The number of carbonyl (C=O) groups is 2. The second-order valence-electron chi connectivity index (χ2n) is 4.02. The van der Waals surface area contributed by atoms with Gasteiger partial charge in [-0.1, -0.05) is 12.2 Å². The number of hydrazine groups is 2. The van der Waals surface area contributed by atoms with Crippen molar-refractivity contribution in [2.75, 3.05) is 0 Å². The molecule has 0 spiro atoms. The van der Waals surface area contributed by atoms with E-state index in [0.29, 0.717) is 0 Å². The van der Waals surface area contributed by atoms with Gasteiger partial charge in [-0.2, -0.15) is 0 Å². The Bertz CT molecular complexity index is 298. The van der Waals surface area contributed by atoms with Crippen molar-refractivity contribution in [2.24, 2.45) is 35.4 Å². The first-order chi connectivity index (χ1) is 7.19. The number of nitrogens with two attached hydrogens (primary N) is 2. The lowest BCUT2D eigenvalue weighted by Gasteiger charge is -2.24. The molecular formula is C9H14N4O2. The minimum absolute atomic E-state index is 0.112. The molecule has 0 aromatic heterocycles. The van der Waals surface area contributed by atoms with Crippen LogP contribution in [-0.4, -0.2) is 11.8 Å². The molecule has 2 amide bonds. The number of hydrogen-bond acceptors (Lipinski definition) is 4. The summed E-state index contributed by atoms with van der Waals surface area (Å²) < 4.78 is 0. The van der Waals surface area contributed by atoms with E-state index >= 15 is 0 Å². The van der Waals surface area contributed by atoms with Crippen molar-refractivity contribution in [3.05, 3.63) is 12.2 Å². The zero-order valence-electron chi connectivity index (χ0n) is 8.14. The first kappa shape index (κ1) is 10.1. The van der Waals surface area contributed by atoms with Crippen LogP contribution in [0.25, 0.3) is 0 Å². The average molecular weight is 210 g/mol. The van der Waals surface area contributed by atoms with Gasteiger partial charge in [0.1, 0.15) is 0 Å². The van der Waals surface area contributed by atoms with Crippen LogP contribution in [0.1, 0.15) is 6.42 Å². The number of hydrogen-bond donors (Lipinski definition) is 4. The van der Waals surface area contributed by atoms with Gasteiger partial charge in [0.05, 0.1) is 11.8 Å². The number of carbonyl (C=O) groups excluding carboxylic acids is 2. The Balaban J connectivity index is 2.24. The Hall–Kier alpha value is -1.40. The maximum absolute atomic E-state index is 11.5. The van der Waals surface area contributed by atoms with E-state index in [1.807, 2.05) is 12.2 Å². The first-order valence-electron chi connectivity index (χ1n) is 4.88. The van der Waals surface area contributed by atoms with E-state index in [1.165, 1.54) is 0 Å². The van der Waals surface area contributed by atoms with Crippen molar-refractivity contribution in [3.8, 4) is 0 Å². The molecule has 6 N–H and O–H groups in total. The highest BCUT2D eigenvalue weighted by atomic mass is 16.2. The average Bonchev–Trinajstić information content (AvgIpc) is 2.86. The zero-order valence-corrected chi connectivity index (χ0v) is 8.14. The first-order valence-corrected chi connectivity index (χ1v) is 4.88. The van der Waals surface area contributed by atoms with E-state index in [1.54, 1.807) is 0 Å². The van der Waals surface area contributed by atoms with Crippen LogP contribution in [0.4, 0.5) is 0 Å². The molecule has 2 aliphatic carbocycles.